The van der Waals surface area contributed by atoms with Gasteiger partial charge in [-0.1, -0.05) is 6.92 Å². The minimum atomic E-state index is -1.48. The van der Waals surface area contributed by atoms with E-state index in [1.807, 2.05) is 6.92 Å². The van der Waals surface area contributed by atoms with Gasteiger partial charge in [0.1, 0.15) is 13.8 Å². The number of nitrogens with zero attached hydrogens (tertiary/aromatic N) is 3. The van der Waals surface area contributed by atoms with Crippen molar-refractivity contribution in [1.82, 2.24) is 12.9 Å². The first-order valence-corrected chi connectivity index (χ1v) is 9.15. The van der Waals surface area contributed by atoms with Crippen LogP contribution < -0.4 is 38.9 Å². The zero-order chi connectivity index (χ0) is 15.7. The molecule has 0 saturated carbocycles. The summed E-state index contributed by atoms with van der Waals surface area (Å²) in [5, 5.41) is 0. The molecule has 2 unspecified atom stereocenters. The van der Waals surface area contributed by atoms with Crippen LogP contribution in [0.15, 0.2) is 6.07 Å². The van der Waals surface area contributed by atoms with Crippen LogP contribution >= 0.6 is 24.6 Å². The molecule has 0 amide bonds. The van der Waals surface area contributed by atoms with Crippen molar-refractivity contribution in [2.24, 2.45) is 0 Å². The zero-order valence-corrected chi connectivity index (χ0v) is 14.0. The molecule has 0 aliphatic heterocycles. The minimum absolute atomic E-state index is 0.350. The van der Waals surface area contributed by atoms with Gasteiger partial charge in [0.15, 0.2) is 8.51 Å². The van der Waals surface area contributed by atoms with E-state index in [1.54, 1.807) is 6.07 Å². The van der Waals surface area contributed by atoms with Crippen molar-refractivity contribution in [3.63, 3.8) is 0 Å². The highest BCUT2D eigenvalue weighted by atomic mass is 31.2. The number of hydrogen-bond donors (Lipinski definition) is 6. The van der Waals surface area contributed by atoms with Gasteiger partial charge in [-0.15, -0.1) is 4.51 Å². The highest BCUT2D eigenvalue weighted by molar-refractivity contribution is 7.58. The molecule has 2 aromatic rings. The quantitative estimate of drug-likeness (QED) is 0.344. The summed E-state index contributed by atoms with van der Waals surface area (Å²) < 4.78 is 12.7. The molecule has 0 spiro atoms. The second-order valence-electron chi connectivity index (χ2n) is 4.11. The van der Waals surface area contributed by atoms with Gasteiger partial charge in [0.2, 0.25) is 0 Å². The van der Waals surface area contributed by atoms with E-state index in [2.05, 4.69) is 4.51 Å². The van der Waals surface area contributed by atoms with E-state index in [4.69, 9.17) is 38.9 Å². The van der Waals surface area contributed by atoms with E-state index in [1.165, 1.54) is 8.40 Å². The van der Waals surface area contributed by atoms with E-state index >= 15 is 0 Å². The van der Waals surface area contributed by atoms with Gasteiger partial charge in [-0.2, -0.15) is 4.20 Å². The molecule has 0 fully saturated rings. The number of anilines is 3. The molecule has 13 heteroatoms. The monoisotopic (exact) mass is 349 g/mol. The van der Waals surface area contributed by atoms with Crippen LogP contribution in [-0.4, -0.2) is 12.9 Å². The van der Waals surface area contributed by atoms with Gasteiger partial charge >= 0.3 is 0 Å². The maximum Gasteiger partial charge on any atom is 0.282 e. The molecule has 10 nitrogen and oxygen atoms in total. The van der Waals surface area contributed by atoms with E-state index < -0.39 is 16.1 Å². The van der Waals surface area contributed by atoms with Crippen LogP contribution in [0.1, 0.15) is 12.5 Å². The maximum absolute atomic E-state index is 5.98. The van der Waals surface area contributed by atoms with Gasteiger partial charge < -0.3 is 21.7 Å². The van der Waals surface area contributed by atoms with Crippen molar-refractivity contribution in [2.75, 3.05) is 34.4 Å². The third kappa shape index (κ3) is 2.96. The normalized spacial score (nSPS) is 12.8. The van der Waals surface area contributed by atoms with E-state index in [0.717, 1.165) is 5.56 Å². The van der Waals surface area contributed by atoms with Crippen molar-refractivity contribution < 1.29 is 4.52 Å². The van der Waals surface area contributed by atoms with Gasteiger partial charge in [-0.05, 0) is 6.42 Å². The van der Waals surface area contributed by atoms with Crippen molar-refractivity contribution in [1.29, 1.82) is 0 Å². The van der Waals surface area contributed by atoms with Crippen LogP contribution in [0.5, 0.6) is 5.75 Å². The average molecular weight is 349 g/mol. The summed E-state index contributed by atoms with van der Waals surface area (Å²) in [6, 6.07) is 1.63. The fraction of sp³-hybridized carbons (Fsp3) is 0.250. The summed E-state index contributed by atoms with van der Waals surface area (Å²) in [6.07, 6.45) is 0.636. The van der Waals surface area contributed by atoms with Crippen LogP contribution in [0.2, 0.25) is 0 Å². The van der Waals surface area contributed by atoms with Crippen LogP contribution in [0, 0.1) is 0 Å². The molecule has 116 valence electrons. The number of nitrogen functional groups attached to an aromatic ring is 6. The summed E-state index contributed by atoms with van der Waals surface area (Å²) in [4.78, 5) is 0. The predicted molar refractivity (Wildman–Crippen MR) is 91.3 cm³/mol. The Morgan fingerprint density at radius 3 is 2.57 bits per heavy atom. The van der Waals surface area contributed by atoms with Crippen molar-refractivity contribution in [2.45, 2.75) is 13.3 Å². The fourth-order valence-electron chi connectivity index (χ4n) is 1.68. The van der Waals surface area contributed by atoms with Gasteiger partial charge in [-0.25, -0.2) is 15.9 Å². The molecule has 0 saturated heterocycles. The first-order chi connectivity index (χ1) is 9.86. The van der Waals surface area contributed by atoms with Gasteiger partial charge in [0.25, 0.3) is 8.08 Å². The summed E-state index contributed by atoms with van der Waals surface area (Å²) in [5.41, 5.74) is 25.4. The lowest BCUT2D eigenvalue weighted by molar-refractivity contribution is 0.609. The zero-order valence-electron chi connectivity index (χ0n) is 11.3. The number of rotatable bonds is 3. The second kappa shape index (κ2) is 6.15. The third-order valence-electron chi connectivity index (χ3n) is 2.85. The summed E-state index contributed by atoms with van der Waals surface area (Å²) >= 11 is 0. The number of aromatic nitrogens is 3. The van der Waals surface area contributed by atoms with Crippen molar-refractivity contribution in [3.8, 4) is 5.75 Å². The largest absolute Gasteiger partial charge is 0.415 e. The molecule has 0 bridgehead atoms. The minimum Gasteiger partial charge on any atom is -0.415 e. The average Bonchev–Trinajstić information content (AvgIpc) is 2.46. The smallest absolute Gasteiger partial charge is 0.282 e. The first kappa shape index (κ1) is 16.0. The van der Waals surface area contributed by atoms with Crippen LogP contribution in [-0.2, 0) is 6.42 Å². The molecule has 0 aliphatic rings. The SMILES string of the molecule is CCc1c(Op2npn(N)p(N)n2N)cc(N)c(N)c1N. The molecule has 2 atom stereocenters. The standard InChI is InChI=1S/C8H18N9OP3/c1-2-4-6(3-5(9)8(11)7(4)10)18-21-15-19-16(12)20(14)17(21)13/h3H,2,9-14H2,1H3. The maximum atomic E-state index is 5.98. The Hall–Kier alpha value is -1.40. The Kier molecular flexibility index (Phi) is 4.68. The Labute approximate surface area is 125 Å². The Morgan fingerprint density at radius 2 is 1.95 bits per heavy atom. The Balaban J connectivity index is 2.52. The molecule has 0 aliphatic carbocycles. The second-order valence-corrected chi connectivity index (χ2v) is 8.69. The lowest BCUT2D eigenvalue weighted by Crippen LogP contribution is -2.18. The number of hydrogen-bond acceptors (Lipinski definition) is 8. The Bertz CT molecular complexity index is 710. The van der Waals surface area contributed by atoms with Crippen LogP contribution in [0.25, 0.3) is 0 Å². The molecule has 1 aromatic heterocycles. The first-order valence-electron chi connectivity index (χ1n) is 5.87. The van der Waals surface area contributed by atoms with E-state index in [0.29, 0.717) is 37.7 Å². The van der Waals surface area contributed by atoms with Gasteiger partial charge in [-0.3, -0.25) is 5.50 Å². The highest BCUT2D eigenvalue weighted by Gasteiger charge is 2.15. The highest BCUT2D eigenvalue weighted by Crippen LogP contribution is 2.40. The summed E-state index contributed by atoms with van der Waals surface area (Å²) in [7, 11) is -2.32. The predicted octanol–water partition coefficient (Wildman–Crippen LogP) is 0.655. The summed E-state index contributed by atoms with van der Waals surface area (Å²) in [6.45, 7) is 1.94. The van der Waals surface area contributed by atoms with Gasteiger partial charge in [0, 0.05) is 11.6 Å². The fourth-order valence-corrected chi connectivity index (χ4v) is 5.78. The molecule has 2 rings (SSSR count). The van der Waals surface area contributed by atoms with E-state index in [9.17, 15) is 0 Å². The molecule has 1 heterocycles. The lowest BCUT2D eigenvalue weighted by atomic mass is 10.1. The molecular weight excluding hydrogens is 331 g/mol. The van der Waals surface area contributed by atoms with Crippen molar-refractivity contribution in [3.05, 3.63) is 11.6 Å². The molecule has 21 heavy (non-hydrogen) atoms. The van der Waals surface area contributed by atoms with Crippen LogP contribution in [0.3, 0.4) is 0 Å². The summed E-state index contributed by atoms with van der Waals surface area (Å²) in [5.74, 6) is 12.1. The molecular formula is C8H18N9OP3. The third-order valence-corrected chi connectivity index (χ3v) is 7.31. The lowest BCUT2D eigenvalue weighted by Gasteiger charge is -2.17. The topological polar surface area (TPSA) is 188 Å². The molecule has 1 aromatic carbocycles. The molecule has 0 radical (unpaired) electrons. The van der Waals surface area contributed by atoms with Crippen molar-refractivity contribution >= 4 is 41.7 Å². The van der Waals surface area contributed by atoms with E-state index in [-0.39, 0.29) is 0 Å². The Morgan fingerprint density at radius 1 is 1.29 bits per heavy atom. The van der Waals surface area contributed by atoms with Crippen LogP contribution in [0.4, 0.5) is 17.1 Å². The number of benzene rings is 1. The number of nitrogens with two attached hydrogens (primary N) is 6. The van der Waals surface area contributed by atoms with Gasteiger partial charge in [0.05, 0.1) is 17.1 Å². The molecule has 12 N–H and O–H groups in total.